The van der Waals surface area contributed by atoms with Gasteiger partial charge < -0.3 is 9.32 Å². The first-order valence-electron chi connectivity index (χ1n) is 15.0. The minimum atomic E-state index is -3.76. The molecule has 0 aliphatic carbocycles. The third kappa shape index (κ3) is 7.95. The molecule has 47 heavy (non-hydrogen) atoms. The van der Waals surface area contributed by atoms with Gasteiger partial charge in [-0.2, -0.15) is 4.57 Å². The molecule has 1 aliphatic rings. The maximum atomic E-state index is 13.2. The monoisotopic (exact) mass is 677 g/mol. The van der Waals surface area contributed by atoms with Gasteiger partial charge in [0.2, 0.25) is 21.1 Å². The van der Waals surface area contributed by atoms with Crippen LogP contribution in [-0.4, -0.2) is 44.0 Å². The van der Waals surface area contributed by atoms with Crippen LogP contribution >= 0.6 is 12.0 Å². The van der Waals surface area contributed by atoms with Gasteiger partial charge in [0.25, 0.3) is 0 Å². The lowest BCUT2D eigenvalue weighted by Gasteiger charge is -2.27. The minimum absolute atomic E-state index is 0.0547. The standard InChI is InChI=1S/C34H36N4O7S2/c1-4-36-23-20-26(28-13-5-7-15-30(28)36)12-11-17-33-38(35(2)47(3,41)42)32(34(39)43-33)19-18-27-21-24-37(22-9-10-25-46-45-44-40)31-16-8-6-14-29(27)31/h5-8,11-21,23-24H,4,9-10,22,25H2,1-3H3/p+1. The van der Waals surface area contributed by atoms with E-state index >= 15 is 0 Å². The zero-order valence-electron chi connectivity index (χ0n) is 26.4. The van der Waals surface area contributed by atoms with Gasteiger partial charge in [-0.3, -0.25) is 0 Å². The molecule has 0 bridgehead atoms. The van der Waals surface area contributed by atoms with Crippen molar-refractivity contribution in [2.75, 3.05) is 34.9 Å². The summed E-state index contributed by atoms with van der Waals surface area (Å²) in [6.07, 6.45) is 17.3. The van der Waals surface area contributed by atoms with E-state index in [1.54, 1.807) is 24.3 Å². The summed E-state index contributed by atoms with van der Waals surface area (Å²) < 4.78 is 39.8. The van der Waals surface area contributed by atoms with E-state index in [4.69, 9.17) is 9.67 Å². The molecule has 2 aromatic heterocycles. The van der Waals surface area contributed by atoms with Crippen molar-refractivity contribution in [1.29, 1.82) is 0 Å². The molecule has 0 saturated heterocycles. The SMILES string of the molecule is CC[n+]1ccc(C=CC=c2oc(=O)c(=CC=C3C=CN(CCCCSOOO)c4ccccc43)n2N(C)S(C)(=O)=O)c2ccccc21. The van der Waals surface area contributed by atoms with Crippen molar-refractivity contribution in [2.24, 2.45) is 0 Å². The molecule has 0 fully saturated rings. The molecule has 0 unspecified atom stereocenters. The number of allylic oxidation sites excluding steroid dienone is 4. The molecule has 13 heteroatoms. The highest BCUT2D eigenvalue weighted by Crippen LogP contribution is 2.33. The molecule has 246 valence electrons. The number of anilines is 1. The van der Waals surface area contributed by atoms with Crippen LogP contribution in [-0.2, 0) is 25.9 Å². The number of nitrogens with zero attached hydrogens (tertiary/aromatic N) is 4. The van der Waals surface area contributed by atoms with Gasteiger partial charge >= 0.3 is 5.63 Å². The Morgan fingerprint density at radius 1 is 1.06 bits per heavy atom. The molecule has 0 spiro atoms. The second-order valence-electron chi connectivity index (χ2n) is 10.7. The number of aryl methyl sites for hydroxylation is 1. The summed E-state index contributed by atoms with van der Waals surface area (Å²) in [6, 6.07) is 18.0. The third-order valence-electron chi connectivity index (χ3n) is 7.75. The number of sulfonamides is 1. The first kappa shape index (κ1) is 33.9. The molecule has 4 aromatic rings. The predicted octanol–water partition coefficient (Wildman–Crippen LogP) is 3.97. The number of hydrogen-bond acceptors (Lipinski definition) is 9. The molecule has 5 rings (SSSR count). The normalized spacial score (nSPS) is 15.0. The number of aromatic nitrogens is 2. The van der Waals surface area contributed by atoms with Crippen molar-refractivity contribution >= 4 is 62.5 Å². The van der Waals surface area contributed by atoms with Crippen molar-refractivity contribution in [3.63, 3.8) is 0 Å². The summed E-state index contributed by atoms with van der Waals surface area (Å²) in [6.45, 7) is 3.69. The zero-order chi connectivity index (χ0) is 33.4. The van der Waals surface area contributed by atoms with Crippen LogP contribution in [0.4, 0.5) is 5.69 Å². The van der Waals surface area contributed by atoms with Crippen LogP contribution in [0.15, 0.2) is 94.4 Å². The van der Waals surface area contributed by atoms with Gasteiger partial charge in [-0.05, 0) is 55.2 Å². The summed E-state index contributed by atoms with van der Waals surface area (Å²) >= 11 is 1.04. The molecule has 1 N–H and O–H groups in total. The molecule has 11 nitrogen and oxygen atoms in total. The molecule has 0 amide bonds. The van der Waals surface area contributed by atoms with Gasteiger partial charge in [0.05, 0.1) is 11.6 Å². The van der Waals surface area contributed by atoms with Crippen LogP contribution in [0, 0.1) is 0 Å². The summed E-state index contributed by atoms with van der Waals surface area (Å²) in [5.41, 5.74) is 4.27. The first-order valence-corrected chi connectivity index (χ1v) is 17.8. The molecule has 1 aliphatic heterocycles. The Balaban J connectivity index is 1.50. The third-order valence-corrected chi connectivity index (χ3v) is 9.49. The summed E-state index contributed by atoms with van der Waals surface area (Å²) in [4.78, 5) is 15.3. The highest BCUT2D eigenvalue weighted by molar-refractivity contribution is 7.94. The average molecular weight is 678 g/mol. The zero-order valence-corrected chi connectivity index (χ0v) is 28.0. The van der Waals surface area contributed by atoms with E-state index in [0.717, 1.165) is 81.9 Å². The lowest BCUT2D eigenvalue weighted by molar-refractivity contribution is -0.667. The van der Waals surface area contributed by atoms with Crippen molar-refractivity contribution in [3.05, 3.63) is 118 Å². The summed E-state index contributed by atoms with van der Waals surface area (Å²) in [7, 11) is -2.38. The quantitative estimate of drug-likeness (QED) is 0.0738. The predicted molar refractivity (Wildman–Crippen MR) is 186 cm³/mol. The van der Waals surface area contributed by atoms with Crippen LogP contribution in [0.5, 0.6) is 0 Å². The Morgan fingerprint density at radius 2 is 1.85 bits per heavy atom. The fourth-order valence-corrected chi connectivity index (χ4v) is 6.26. The summed E-state index contributed by atoms with van der Waals surface area (Å²) in [5, 5.41) is 13.0. The van der Waals surface area contributed by atoms with E-state index in [0.29, 0.717) is 5.75 Å². The molecular formula is C34H37N4O7S2+. The van der Waals surface area contributed by atoms with Crippen molar-refractivity contribution in [1.82, 2.24) is 4.68 Å². The molecule has 0 radical (unpaired) electrons. The van der Waals surface area contributed by atoms with E-state index < -0.39 is 15.6 Å². The average Bonchev–Trinajstić information content (AvgIpc) is 3.38. The van der Waals surface area contributed by atoms with Crippen LogP contribution in [0.25, 0.3) is 34.7 Å². The smallest absolute Gasteiger partial charge is 0.363 e. The van der Waals surface area contributed by atoms with Crippen LogP contribution < -0.4 is 30.4 Å². The van der Waals surface area contributed by atoms with Crippen LogP contribution in [0.1, 0.15) is 30.9 Å². The second-order valence-corrected chi connectivity index (χ2v) is 13.5. The van der Waals surface area contributed by atoms with E-state index in [-0.39, 0.29) is 10.9 Å². The number of fused-ring (bicyclic) bond motifs is 2. The van der Waals surface area contributed by atoms with Gasteiger partial charge in [-0.25, -0.2) is 27.6 Å². The van der Waals surface area contributed by atoms with Gasteiger partial charge in [-0.15, -0.1) is 4.33 Å². The van der Waals surface area contributed by atoms with E-state index in [1.165, 1.54) is 11.7 Å². The Labute approximate surface area is 277 Å². The van der Waals surface area contributed by atoms with Gasteiger partial charge in [-0.1, -0.05) is 53.6 Å². The molecule has 0 atom stereocenters. The molecule has 0 saturated carbocycles. The maximum Gasteiger partial charge on any atom is 0.363 e. The number of pyridine rings is 1. The Morgan fingerprint density at radius 3 is 2.64 bits per heavy atom. The number of unbranched alkanes of at least 4 members (excludes halogenated alkanes) is 1. The number of oxazole rings is 1. The maximum absolute atomic E-state index is 13.2. The molecule has 3 heterocycles. The Kier molecular flexibility index (Phi) is 11.2. The topological polar surface area (TPSA) is 118 Å². The number of hydrogen-bond donors (Lipinski definition) is 1. The molecular weight excluding hydrogens is 641 g/mol. The second kappa shape index (κ2) is 15.5. The number of rotatable bonds is 13. The van der Waals surface area contributed by atoms with Crippen molar-refractivity contribution < 1.29 is 32.0 Å². The largest absolute Gasteiger partial charge is 0.403 e. The van der Waals surface area contributed by atoms with Crippen LogP contribution in [0.3, 0.4) is 0 Å². The van der Waals surface area contributed by atoms with Gasteiger partial charge in [0, 0.05) is 67.0 Å². The lowest BCUT2D eigenvalue weighted by Crippen LogP contribution is -2.48. The van der Waals surface area contributed by atoms with Gasteiger partial charge in [0.1, 0.15) is 6.54 Å². The fraction of sp³-hybridized carbons (Fsp3) is 0.235. The van der Waals surface area contributed by atoms with E-state index in [2.05, 4.69) is 31.8 Å². The number of para-hydroxylation sites is 2. The minimum Gasteiger partial charge on any atom is -0.403 e. The highest BCUT2D eigenvalue weighted by atomic mass is 32.2. The Hall–Kier alpha value is -4.40. The number of benzene rings is 2. The first-order chi connectivity index (χ1) is 22.7. The van der Waals surface area contributed by atoms with Crippen molar-refractivity contribution in [3.8, 4) is 0 Å². The van der Waals surface area contributed by atoms with Crippen LogP contribution in [0.2, 0.25) is 0 Å². The summed E-state index contributed by atoms with van der Waals surface area (Å²) in [5.74, 6) is 0.668. The van der Waals surface area contributed by atoms with E-state index in [9.17, 15) is 13.2 Å². The van der Waals surface area contributed by atoms with Gasteiger partial charge in [0.15, 0.2) is 11.5 Å². The Bertz CT molecular complexity index is 2120. The molecule has 2 aromatic carbocycles. The van der Waals surface area contributed by atoms with Crippen molar-refractivity contribution in [2.45, 2.75) is 26.3 Å². The fourth-order valence-electron chi connectivity index (χ4n) is 5.36. The lowest BCUT2D eigenvalue weighted by atomic mass is 9.99. The highest BCUT2D eigenvalue weighted by Gasteiger charge is 2.18. The van der Waals surface area contributed by atoms with E-state index in [1.807, 2.05) is 73.1 Å².